The summed E-state index contributed by atoms with van der Waals surface area (Å²) >= 11 is 0. The van der Waals surface area contributed by atoms with Gasteiger partial charge in [0.15, 0.2) is 5.65 Å². The van der Waals surface area contributed by atoms with E-state index in [0.29, 0.717) is 12.6 Å². The van der Waals surface area contributed by atoms with Crippen LogP contribution in [0, 0.1) is 0 Å². The lowest BCUT2D eigenvalue weighted by Crippen LogP contribution is -2.45. The van der Waals surface area contributed by atoms with Gasteiger partial charge in [-0.05, 0) is 74.7 Å². The van der Waals surface area contributed by atoms with E-state index in [2.05, 4.69) is 38.4 Å². The average Bonchev–Trinajstić information content (AvgIpc) is 3.68. The number of benzene rings is 2. The second-order valence-electron chi connectivity index (χ2n) is 10.6. The van der Waals surface area contributed by atoms with Crippen molar-refractivity contribution in [2.45, 2.75) is 38.3 Å². The van der Waals surface area contributed by atoms with E-state index in [1.807, 2.05) is 64.3 Å². The van der Waals surface area contributed by atoms with Crippen molar-refractivity contribution < 1.29 is 4.79 Å². The number of likely N-dealkylation sites (tertiary alicyclic amines) is 2. The van der Waals surface area contributed by atoms with Gasteiger partial charge in [0.2, 0.25) is 0 Å². The Balaban J connectivity index is 1.08. The van der Waals surface area contributed by atoms with E-state index in [9.17, 15) is 4.79 Å². The van der Waals surface area contributed by atoms with Gasteiger partial charge in [0.05, 0.1) is 17.8 Å². The van der Waals surface area contributed by atoms with E-state index < -0.39 is 0 Å². The maximum absolute atomic E-state index is 13.2. The number of carbonyl (C=O) groups excluding carboxylic acids is 1. The molecule has 3 aromatic heterocycles. The van der Waals surface area contributed by atoms with Gasteiger partial charge in [-0.1, -0.05) is 41.6 Å². The molecule has 2 aliphatic rings. The Morgan fingerprint density at radius 3 is 2.49 bits per heavy atom. The van der Waals surface area contributed by atoms with Gasteiger partial charge in [0.25, 0.3) is 5.91 Å². The Bertz CT molecular complexity index is 1630. The molecule has 8 nitrogen and oxygen atoms in total. The van der Waals surface area contributed by atoms with E-state index in [1.54, 1.807) is 0 Å². The van der Waals surface area contributed by atoms with Gasteiger partial charge in [0.1, 0.15) is 5.52 Å². The minimum absolute atomic E-state index is 0.121. The van der Waals surface area contributed by atoms with Crippen LogP contribution in [-0.2, 0) is 6.54 Å². The molecule has 2 fully saturated rings. The molecule has 0 atom stereocenters. The third-order valence-corrected chi connectivity index (χ3v) is 8.23. The molecule has 2 aliphatic heterocycles. The maximum atomic E-state index is 13.2. The summed E-state index contributed by atoms with van der Waals surface area (Å²) in [5.41, 5.74) is 6.01. The Hall–Kier alpha value is -4.17. The molecule has 1 amide bonds. The summed E-state index contributed by atoms with van der Waals surface area (Å²) in [5, 5.41) is 9.80. The third-order valence-electron chi connectivity index (χ3n) is 8.23. The van der Waals surface area contributed by atoms with Gasteiger partial charge in [-0.2, -0.15) is 0 Å². The van der Waals surface area contributed by atoms with Crippen molar-refractivity contribution in [3.05, 3.63) is 84.1 Å². The van der Waals surface area contributed by atoms with Crippen molar-refractivity contribution in [3.63, 3.8) is 0 Å². The van der Waals surface area contributed by atoms with Crippen LogP contribution < -0.4 is 0 Å². The minimum atomic E-state index is 0.121. The van der Waals surface area contributed by atoms with Crippen molar-refractivity contribution in [2.24, 2.45) is 0 Å². The molecule has 0 aliphatic carbocycles. The standard InChI is InChI=1S/C31H31N7O/c39-31(37-19-14-26(15-20-37)36-17-1-2-18-36)24-10-8-22(9-11-24)27-12-13-28-30(33-27)38(35-34-28)21-25-6-3-5-23-7-4-16-32-29(23)25/h3-13,16,26H,1-2,14-15,17-21H2. The van der Waals surface area contributed by atoms with Gasteiger partial charge in [-0.15, -0.1) is 5.10 Å². The molecule has 0 bridgehead atoms. The van der Waals surface area contributed by atoms with Crippen molar-refractivity contribution in [1.82, 2.24) is 34.8 Å². The molecule has 0 radical (unpaired) electrons. The minimum Gasteiger partial charge on any atom is -0.339 e. The fraction of sp³-hybridized carbons (Fsp3) is 0.323. The quantitative estimate of drug-likeness (QED) is 0.334. The van der Waals surface area contributed by atoms with Crippen LogP contribution in [0.4, 0.5) is 0 Å². The summed E-state index contributed by atoms with van der Waals surface area (Å²) in [5.74, 6) is 0.121. The van der Waals surface area contributed by atoms with Crippen LogP contribution in [0.25, 0.3) is 33.3 Å². The Morgan fingerprint density at radius 1 is 0.872 bits per heavy atom. The summed E-state index contributed by atoms with van der Waals surface area (Å²) in [7, 11) is 0. The number of pyridine rings is 2. The SMILES string of the molecule is O=C(c1ccc(-c2ccc3nnn(Cc4cccc5cccnc45)c3n2)cc1)N1CCC(N2CCCC2)CC1. The van der Waals surface area contributed by atoms with Crippen molar-refractivity contribution in [2.75, 3.05) is 26.2 Å². The first-order chi connectivity index (χ1) is 19.2. The predicted molar refractivity (Wildman–Crippen MR) is 151 cm³/mol. The van der Waals surface area contributed by atoms with Gasteiger partial charge in [-0.3, -0.25) is 9.78 Å². The Labute approximate surface area is 227 Å². The van der Waals surface area contributed by atoms with Gasteiger partial charge in [0, 0.05) is 41.8 Å². The molecular weight excluding hydrogens is 486 g/mol. The smallest absolute Gasteiger partial charge is 0.253 e. The first-order valence-electron chi connectivity index (χ1n) is 13.9. The normalized spacial score (nSPS) is 16.9. The lowest BCUT2D eigenvalue weighted by Gasteiger charge is -2.36. The number of hydrogen-bond donors (Lipinski definition) is 0. The molecule has 0 unspecified atom stereocenters. The first kappa shape index (κ1) is 23.9. The van der Waals surface area contributed by atoms with E-state index in [-0.39, 0.29) is 5.91 Å². The average molecular weight is 518 g/mol. The summed E-state index contributed by atoms with van der Waals surface area (Å²) in [6.45, 7) is 4.64. The number of nitrogens with zero attached hydrogens (tertiary/aromatic N) is 7. The molecule has 8 heteroatoms. The highest BCUT2D eigenvalue weighted by Crippen LogP contribution is 2.25. The van der Waals surface area contributed by atoms with Gasteiger partial charge < -0.3 is 9.80 Å². The van der Waals surface area contributed by atoms with E-state index in [4.69, 9.17) is 4.98 Å². The number of para-hydroxylation sites is 1. The van der Waals surface area contributed by atoms with Crippen LogP contribution in [0.1, 0.15) is 41.6 Å². The number of aromatic nitrogens is 5. The van der Waals surface area contributed by atoms with E-state index in [1.165, 1.54) is 25.9 Å². The second-order valence-corrected chi connectivity index (χ2v) is 10.6. The summed E-state index contributed by atoms with van der Waals surface area (Å²) in [6.07, 6.45) is 6.59. The molecular formula is C31H31N7O. The molecule has 196 valence electrons. The Morgan fingerprint density at radius 2 is 1.67 bits per heavy atom. The van der Waals surface area contributed by atoms with Gasteiger partial charge in [-0.25, -0.2) is 9.67 Å². The third kappa shape index (κ3) is 4.65. The predicted octanol–water partition coefficient (Wildman–Crippen LogP) is 4.79. The van der Waals surface area contributed by atoms with E-state index >= 15 is 0 Å². The number of carbonyl (C=O) groups is 1. The zero-order valence-electron chi connectivity index (χ0n) is 21.9. The number of amides is 1. The topological polar surface area (TPSA) is 80.0 Å². The zero-order valence-corrected chi connectivity index (χ0v) is 21.9. The van der Waals surface area contributed by atoms with Crippen LogP contribution >= 0.6 is 0 Å². The van der Waals surface area contributed by atoms with Crippen molar-refractivity contribution >= 4 is 28.0 Å². The van der Waals surface area contributed by atoms with E-state index in [0.717, 1.165) is 70.4 Å². The summed E-state index contributed by atoms with van der Waals surface area (Å²) in [6, 6.07) is 22.5. The molecule has 7 rings (SSSR count). The largest absolute Gasteiger partial charge is 0.339 e. The maximum Gasteiger partial charge on any atom is 0.253 e. The summed E-state index contributed by atoms with van der Waals surface area (Å²) < 4.78 is 1.83. The number of fused-ring (bicyclic) bond motifs is 2. The molecule has 2 saturated heterocycles. The molecule has 5 aromatic rings. The van der Waals surface area contributed by atoms with Crippen LogP contribution in [0.3, 0.4) is 0 Å². The highest BCUT2D eigenvalue weighted by Gasteiger charge is 2.28. The molecule has 5 heterocycles. The highest BCUT2D eigenvalue weighted by molar-refractivity contribution is 5.94. The fourth-order valence-electron chi connectivity index (χ4n) is 6.08. The molecule has 0 spiro atoms. The Kier molecular flexibility index (Phi) is 6.25. The van der Waals surface area contributed by atoms with Crippen LogP contribution in [-0.4, -0.2) is 72.9 Å². The molecule has 2 aromatic carbocycles. The molecule has 0 N–H and O–H groups in total. The fourth-order valence-corrected chi connectivity index (χ4v) is 6.08. The number of rotatable bonds is 5. The number of piperidine rings is 1. The lowest BCUT2D eigenvalue weighted by molar-refractivity contribution is 0.0644. The zero-order chi connectivity index (χ0) is 26.2. The van der Waals surface area contributed by atoms with Gasteiger partial charge >= 0.3 is 0 Å². The monoisotopic (exact) mass is 517 g/mol. The van der Waals surface area contributed by atoms with Crippen molar-refractivity contribution in [1.29, 1.82) is 0 Å². The highest BCUT2D eigenvalue weighted by atomic mass is 16.2. The van der Waals surface area contributed by atoms with Crippen LogP contribution in [0.2, 0.25) is 0 Å². The second kappa shape index (κ2) is 10.2. The van der Waals surface area contributed by atoms with Crippen LogP contribution in [0.5, 0.6) is 0 Å². The molecule has 39 heavy (non-hydrogen) atoms. The molecule has 0 saturated carbocycles. The van der Waals surface area contributed by atoms with Crippen molar-refractivity contribution in [3.8, 4) is 11.3 Å². The lowest BCUT2D eigenvalue weighted by atomic mass is 10.0. The van der Waals surface area contributed by atoms with Crippen LogP contribution in [0.15, 0.2) is 72.9 Å². The summed E-state index contributed by atoms with van der Waals surface area (Å²) in [4.78, 5) is 27.3. The number of hydrogen-bond acceptors (Lipinski definition) is 6. The first-order valence-corrected chi connectivity index (χ1v) is 13.9.